The first-order valence-electron chi connectivity index (χ1n) is 11.1. The molecule has 0 aliphatic carbocycles. The van der Waals surface area contributed by atoms with Gasteiger partial charge in [0.15, 0.2) is 0 Å². The van der Waals surface area contributed by atoms with Crippen LogP contribution in [-0.2, 0) is 33.6 Å². The minimum Gasteiger partial charge on any atom is -0.481 e. The van der Waals surface area contributed by atoms with Gasteiger partial charge in [-0.3, -0.25) is 28.8 Å². The average Bonchev–Trinajstić information content (AvgIpc) is 2.75. The van der Waals surface area contributed by atoms with Gasteiger partial charge < -0.3 is 41.4 Å². The highest BCUT2D eigenvalue weighted by molar-refractivity contribution is 5.91. The highest BCUT2D eigenvalue weighted by Gasteiger charge is 2.30. The summed E-state index contributed by atoms with van der Waals surface area (Å²) >= 11 is 0. The first-order valence-corrected chi connectivity index (χ1v) is 11.1. The molecule has 7 N–H and O–H groups in total. The number of carboxylic acid groups (broad SMARTS) is 3. The molecule has 36 heavy (non-hydrogen) atoms. The maximum atomic E-state index is 13.0. The molecule has 0 aliphatic heterocycles. The molecular weight excluding hydrogens is 480 g/mol. The van der Waals surface area contributed by atoms with Crippen LogP contribution in [-0.4, -0.2) is 81.4 Å². The molecule has 0 saturated heterocycles. The second kappa shape index (κ2) is 15.8. The van der Waals surface area contributed by atoms with Crippen LogP contribution in [0.2, 0.25) is 0 Å². The van der Waals surface area contributed by atoms with Crippen molar-refractivity contribution in [3.63, 3.8) is 0 Å². The molecule has 0 fully saturated rings. The van der Waals surface area contributed by atoms with Crippen LogP contribution >= 0.6 is 0 Å². The molecule has 0 aromatic carbocycles. The second-order valence-corrected chi connectivity index (χ2v) is 8.42. The summed E-state index contributed by atoms with van der Waals surface area (Å²) in [5.41, 5.74) is -0.0571. The number of carbonyl (C=O) groups is 7. The van der Waals surface area contributed by atoms with Crippen LogP contribution in [0.5, 0.6) is 0 Å². The van der Waals surface area contributed by atoms with Crippen LogP contribution < -0.4 is 21.3 Å². The van der Waals surface area contributed by atoms with Gasteiger partial charge in [0.05, 0.1) is 18.5 Å². The number of hydrogen-bond donors (Lipinski definition) is 7. The number of carboxylic acids is 3. The summed E-state index contributed by atoms with van der Waals surface area (Å²) in [5.74, 6) is -6.22. The van der Waals surface area contributed by atoms with E-state index >= 15 is 0 Å². The summed E-state index contributed by atoms with van der Waals surface area (Å²) in [7, 11) is 0. The first-order chi connectivity index (χ1) is 16.7. The fourth-order valence-corrected chi connectivity index (χ4v) is 3.06. The Morgan fingerprint density at radius 2 is 1.33 bits per heavy atom. The van der Waals surface area contributed by atoms with Crippen molar-refractivity contribution in [1.82, 2.24) is 21.3 Å². The molecule has 14 heteroatoms. The number of rotatable bonds is 18. The summed E-state index contributed by atoms with van der Waals surface area (Å²) in [4.78, 5) is 81.3. The number of nitrogens with one attached hydrogen (secondary N) is 4. The van der Waals surface area contributed by atoms with Crippen molar-refractivity contribution in [3.05, 3.63) is 12.3 Å². The molecule has 0 aromatic rings. The van der Waals surface area contributed by atoms with Crippen LogP contribution in [0.4, 0.5) is 0 Å². The lowest BCUT2D eigenvalue weighted by molar-refractivity contribution is -0.138. The Labute approximate surface area is 207 Å². The van der Waals surface area contributed by atoms with E-state index in [-0.39, 0.29) is 25.0 Å². The Morgan fingerprint density at radius 3 is 1.78 bits per heavy atom. The summed E-state index contributed by atoms with van der Waals surface area (Å²) in [5, 5.41) is 36.8. The van der Waals surface area contributed by atoms with E-state index in [1.54, 1.807) is 13.8 Å². The second-order valence-electron chi connectivity index (χ2n) is 8.42. The standard InChI is InChI=1S/C22H34N4O10/c1-11(2)20(22(36)25-14(10-27)5-7-17(29)30)26-21(35)15(6-8-18(31)32)23-12(3)16(9-19(33)34)24-13(4)28/h10-11,14-16,20,23H,3,5-9H2,1-2,4H3,(H,24,28)(H,25,36)(H,26,35)(H,29,30)(H,31,32)(H,33,34). The Hall–Kier alpha value is -3.97. The van der Waals surface area contributed by atoms with Gasteiger partial charge in [-0.25, -0.2) is 0 Å². The molecular formula is C22H34N4O10. The summed E-state index contributed by atoms with van der Waals surface area (Å²) in [6.07, 6.45) is -1.41. The molecule has 4 atom stereocenters. The maximum absolute atomic E-state index is 13.0. The zero-order valence-electron chi connectivity index (χ0n) is 20.4. The van der Waals surface area contributed by atoms with Crippen LogP contribution in [0.15, 0.2) is 12.3 Å². The van der Waals surface area contributed by atoms with Gasteiger partial charge in [0.25, 0.3) is 0 Å². The lowest BCUT2D eigenvalue weighted by Gasteiger charge is -2.28. The molecule has 0 aliphatic rings. The molecule has 0 radical (unpaired) electrons. The number of aliphatic carboxylic acids is 3. The minimum atomic E-state index is -1.26. The van der Waals surface area contributed by atoms with Gasteiger partial charge in [-0.1, -0.05) is 20.4 Å². The van der Waals surface area contributed by atoms with Crippen molar-refractivity contribution in [2.75, 3.05) is 0 Å². The maximum Gasteiger partial charge on any atom is 0.305 e. The topological polar surface area (TPSA) is 228 Å². The lowest BCUT2D eigenvalue weighted by Crippen LogP contribution is -2.56. The Bertz CT molecular complexity index is 842. The van der Waals surface area contributed by atoms with Crippen molar-refractivity contribution in [3.8, 4) is 0 Å². The molecule has 0 spiro atoms. The molecule has 14 nitrogen and oxygen atoms in total. The SMILES string of the molecule is C=C(NC(CCC(=O)O)C(=O)NC(C(=O)NC(C=O)CCC(=O)O)C(C)C)C(CC(=O)O)NC(C)=O. The molecule has 0 saturated carbocycles. The predicted octanol–water partition coefficient (Wildman–Crippen LogP) is -1.01. The largest absolute Gasteiger partial charge is 0.481 e. The van der Waals surface area contributed by atoms with Crippen LogP contribution in [0.25, 0.3) is 0 Å². The van der Waals surface area contributed by atoms with Gasteiger partial charge in [-0.2, -0.15) is 0 Å². The van der Waals surface area contributed by atoms with Crippen molar-refractivity contribution in [2.24, 2.45) is 5.92 Å². The van der Waals surface area contributed by atoms with Crippen molar-refractivity contribution in [1.29, 1.82) is 0 Å². The third-order valence-corrected chi connectivity index (χ3v) is 4.91. The normalized spacial score (nSPS) is 13.9. The van der Waals surface area contributed by atoms with E-state index in [1.807, 2.05) is 0 Å². The van der Waals surface area contributed by atoms with Crippen molar-refractivity contribution < 1.29 is 48.9 Å². The van der Waals surface area contributed by atoms with Gasteiger partial charge in [-0.05, 0) is 18.8 Å². The molecule has 0 rings (SSSR count). The molecule has 4 unspecified atom stereocenters. The Morgan fingerprint density at radius 1 is 0.778 bits per heavy atom. The van der Waals surface area contributed by atoms with E-state index in [4.69, 9.17) is 15.3 Å². The first kappa shape index (κ1) is 32.0. The molecule has 0 heterocycles. The van der Waals surface area contributed by atoms with E-state index in [2.05, 4.69) is 27.8 Å². The zero-order chi connectivity index (χ0) is 28.0. The molecule has 0 aromatic heterocycles. The van der Waals surface area contributed by atoms with Gasteiger partial charge in [0, 0.05) is 25.5 Å². The van der Waals surface area contributed by atoms with Crippen LogP contribution in [0.3, 0.4) is 0 Å². The van der Waals surface area contributed by atoms with Crippen molar-refractivity contribution >= 4 is 41.9 Å². The average molecular weight is 515 g/mol. The lowest BCUT2D eigenvalue weighted by atomic mass is 10.0. The molecule has 202 valence electrons. The van der Waals surface area contributed by atoms with Gasteiger partial charge in [0.1, 0.15) is 18.4 Å². The number of carbonyl (C=O) groups excluding carboxylic acids is 4. The molecule has 3 amide bonds. The summed E-state index contributed by atoms with van der Waals surface area (Å²) < 4.78 is 0. The van der Waals surface area contributed by atoms with Crippen LogP contribution in [0.1, 0.15) is 52.9 Å². The van der Waals surface area contributed by atoms with E-state index in [0.717, 1.165) is 6.92 Å². The third-order valence-electron chi connectivity index (χ3n) is 4.91. The molecule has 0 bridgehead atoms. The van der Waals surface area contributed by atoms with E-state index < -0.39 is 78.6 Å². The van der Waals surface area contributed by atoms with E-state index in [1.165, 1.54) is 0 Å². The third kappa shape index (κ3) is 13.1. The Balaban J connectivity index is 5.63. The zero-order valence-corrected chi connectivity index (χ0v) is 20.4. The summed E-state index contributed by atoms with van der Waals surface area (Å²) in [6, 6.07) is -4.63. The smallest absolute Gasteiger partial charge is 0.305 e. The minimum absolute atomic E-state index is 0.0571. The quantitative estimate of drug-likeness (QED) is 0.110. The van der Waals surface area contributed by atoms with E-state index in [0.29, 0.717) is 6.29 Å². The Kier molecular flexibility index (Phi) is 14.1. The fraction of sp³-hybridized carbons (Fsp3) is 0.591. The van der Waals surface area contributed by atoms with Crippen LogP contribution in [0, 0.1) is 5.92 Å². The van der Waals surface area contributed by atoms with E-state index in [9.17, 15) is 33.6 Å². The highest BCUT2D eigenvalue weighted by atomic mass is 16.4. The fourth-order valence-electron chi connectivity index (χ4n) is 3.06. The number of aldehydes is 1. The number of amides is 3. The highest BCUT2D eigenvalue weighted by Crippen LogP contribution is 2.10. The van der Waals surface area contributed by atoms with Gasteiger partial charge in [0.2, 0.25) is 17.7 Å². The van der Waals surface area contributed by atoms with Gasteiger partial charge >= 0.3 is 17.9 Å². The van der Waals surface area contributed by atoms with Crippen molar-refractivity contribution in [2.45, 2.75) is 77.0 Å². The predicted molar refractivity (Wildman–Crippen MR) is 124 cm³/mol. The summed E-state index contributed by atoms with van der Waals surface area (Å²) in [6.45, 7) is 8.03. The monoisotopic (exact) mass is 514 g/mol. The number of hydrogen-bond acceptors (Lipinski definition) is 8. The van der Waals surface area contributed by atoms with Gasteiger partial charge in [-0.15, -0.1) is 0 Å².